The zero-order valence-corrected chi connectivity index (χ0v) is 9.95. The molecule has 0 spiro atoms. The van der Waals surface area contributed by atoms with Gasteiger partial charge in [0.25, 0.3) is 0 Å². The van der Waals surface area contributed by atoms with Crippen molar-refractivity contribution < 1.29 is 9.53 Å². The third-order valence-corrected chi connectivity index (χ3v) is 2.40. The standard InChI is InChI=1S/C13H19NO2/c1-3-16-13-7-6-11(9-10(13)2)12(15)5-4-8-14/h6-7,9H,3-5,8,14H2,1-2H3. The average molecular weight is 221 g/mol. The number of ether oxygens (including phenoxy) is 1. The number of rotatable bonds is 6. The second kappa shape index (κ2) is 6.28. The van der Waals surface area contributed by atoms with Crippen LogP contribution in [0.3, 0.4) is 0 Å². The Morgan fingerprint density at radius 2 is 2.19 bits per heavy atom. The van der Waals surface area contributed by atoms with Crippen molar-refractivity contribution in [3.8, 4) is 5.75 Å². The number of carbonyl (C=O) groups excluding carboxylic acids is 1. The molecule has 0 aliphatic rings. The highest BCUT2D eigenvalue weighted by molar-refractivity contribution is 5.96. The van der Waals surface area contributed by atoms with Gasteiger partial charge in [0.05, 0.1) is 6.61 Å². The van der Waals surface area contributed by atoms with Crippen LogP contribution < -0.4 is 10.5 Å². The normalized spacial score (nSPS) is 10.2. The number of nitrogens with two attached hydrogens (primary N) is 1. The van der Waals surface area contributed by atoms with Crippen molar-refractivity contribution in [2.45, 2.75) is 26.7 Å². The van der Waals surface area contributed by atoms with Crippen molar-refractivity contribution in [2.75, 3.05) is 13.2 Å². The third-order valence-electron chi connectivity index (χ3n) is 2.40. The Balaban J connectivity index is 2.76. The van der Waals surface area contributed by atoms with Gasteiger partial charge < -0.3 is 10.5 Å². The van der Waals surface area contributed by atoms with Gasteiger partial charge >= 0.3 is 0 Å². The molecule has 0 aromatic heterocycles. The number of Topliss-reactive ketones (excluding diaryl/α,β-unsaturated/α-hetero) is 1. The van der Waals surface area contributed by atoms with Crippen LogP contribution in [0.4, 0.5) is 0 Å². The molecule has 0 saturated heterocycles. The topological polar surface area (TPSA) is 52.3 Å². The van der Waals surface area contributed by atoms with Crippen molar-refractivity contribution in [2.24, 2.45) is 5.73 Å². The molecule has 0 unspecified atom stereocenters. The van der Waals surface area contributed by atoms with Crippen LogP contribution in [0.25, 0.3) is 0 Å². The first-order valence-electron chi connectivity index (χ1n) is 5.65. The van der Waals surface area contributed by atoms with Crippen molar-refractivity contribution in [1.29, 1.82) is 0 Å². The number of hydrogen-bond donors (Lipinski definition) is 1. The first-order valence-corrected chi connectivity index (χ1v) is 5.65. The highest BCUT2D eigenvalue weighted by atomic mass is 16.5. The Morgan fingerprint density at radius 1 is 1.44 bits per heavy atom. The number of ketones is 1. The van der Waals surface area contributed by atoms with Crippen LogP contribution in [-0.2, 0) is 0 Å². The Hall–Kier alpha value is -1.35. The van der Waals surface area contributed by atoms with Crippen molar-refractivity contribution in [3.63, 3.8) is 0 Å². The zero-order valence-electron chi connectivity index (χ0n) is 9.95. The lowest BCUT2D eigenvalue weighted by atomic mass is 10.0. The minimum Gasteiger partial charge on any atom is -0.494 e. The summed E-state index contributed by atoms with van der Waals surface area (Å²) in [5.41, 5.74) is 7.12. The van der Waals surface area contributed by atoms with Gasteiger partial charge in [0, 0.05) is 12.0 Å². The summed E-state index contributed by atoms with van der Waals surface area (Å²) in [6.45, 7) is 5.09. The molecular formula is C13H19NO2. The lowest BCUT2D eigenvalue weighted by Crippen LogP contribution is -2.05. The van der Waals surface area contributed by atoms with Crippen LogP contribution in [0, 0.1) is 6.92 Å². The smallest absolute Gasteiger partial charge is 0.162 e. The maximum atomic E-state index is 11.7. The van der Waals surface area contributed by atoms with Crippen LogP contribution in [-0.4, -0.2) is 18.9 Å². The number of aryl methyl sites for hydroxylation is 1. The van der Waals surface area contributed by atoms with Gasteiger partial charge in [-0.3, -0.25) is 4.79 Å². The summed E-state index contributed by atoms with van der Waals surface area (Å²) < 4.78 is 5.42. The second-order valence-electron chi connectivity index (χ2n) is 3.73. The summed E-state index contributed by atoms with van der Waals surface area (Å²) in [4.78, 5) is 11.7. The molecule has 88 valence electrons. The first-order chi connectivity index (χ1) is 7.69. The van der Waals surface area contributed by atoms with Crippen molar-refractivity contribution in [1.82, 2.24) is 0 Å². The summed E-state index contributed by atoms with van der Waals surface area (Å²) >= 11 is 0. The fraction of sp³-hybridized carbons (Fsp3) is 0.462. The minimum absolute atomic E-state index is 0.150. The van der Waals surface area contributed by atoms with Crippen LogP contribution >= 0.6 is 0 Å². The van der Waals surface area contributed by atoms with Crippen LogP contribution in [0.2, 0.25) is 0 Å². The number of hydrogen-bond acceptors (Lipinski definition) is 3. The molecule has 0 fully saturated rings. The Morgan fingerprint density at radius 3 is 2.75 bits per heavy atom. The van der Waals surface area contributed by atoms with Gasteiger partial charge in [-0.15, -0.1) is 0 Å². The second-order valence-corrected chi connectivity index (χ2v) is 3.73. The quantitative estimate of drug-likeness (QED) is 0.750. The van der Waals surface area contributed by atoms with Crippen LogP contribution in [0.1, 0.15) is 35.7 Å². The molecular weight excluding hydrogens is 202 g/mol. The van der Waals surface area contributed by atoms with Crippen LogP contribution in [0.15, 0.2) is 18.2 Å². The maximum absolute atomic E-state index is 11.7. The summed E-state index contributed by atoms with van der Waals surface area (Å²) in [5.74, 6) is 0.995. The lowest BCUT2D eigenvalue weighted by Gasteiger charge is -2.08. The first kappa shape index (κ1) is 12.7. The van der Waals surface area contributed by atoms with Gasteiger partial charge in [-0.05, 0) is 50.6 Å². The zero-order chi connectivity index (χ0) is 12.0. The van der Waals surface area contributed by atoms with Crippen molar-refractivity contribution >= 4 is 5.78 Å². The molecule has 3 nitrogen and oxygen atoms in total. The van der Waals surface area contributed by atoms with E-state index in [-0.39, 0.29) is 5.78 Å². The molecule has 0 atom stereocenters. The SMILES string of the molecule is CCOc1ccc(C(=O)CCCN)cc1C. The van der Waals surface area contributed by atoms with E-state index in [1.54, 1.807) is 0 Å². The van der Waals surface area contributed by atoms with E-state index >= 15 is 0 Å². The molecule has 0 aliphatic carbocycles. The Labute approximate surface area is 96.6 Å². The molecule has 3 heteroatoms. The van der Waals surface area contributed by atoms with Crippen LogP contribution in [0.5, 0.6) is 5.75 Å². The number of benzene rings is 1. The van der Waals surface area contributed by atoms with Gasteiger partial charge in [0.2, 0.25) is 0 Å². The summed E-state index contributed by atoms with van der Waals surface area (Å²) in [6, 6.07) is 5.55. The highest BCUT2D eigenvalue weighted by Crippen LogP contribution is 2.20. The molecule has 0 aliphatic heterocycles. The Bertz CT molecular complexity index is 361. The monoisotopic (exact) mass is 221 g/mol. The largest absolute Gasteiger partial charge is 0.494 e. The van der Waals surface area contributed by atoms with E-state index in [1.807, 2.05) is 32.0 Å². The molecule has 0 bridgehead atoms. The molecule has 16 heavy (non-hydrogen) atoms. The van der Waals surface area contributed by atoms with Gasteiger partial charge in [0.1, 0.15) is 5.75 Å². The van der Waals surface area contributed by atoms with E-state index in [0.717, 1.165) is 23.3 Å². The molecule has 0 saturated carbocycles. The van der Waals surface area contributed by atoms with Gasteiger partial charge in [-0.25, -0.2) is 0 Å². The molecule has 1 rings (SSSR count). The third kappa shape index (κ3) is 3.35. The van der Waals surface area contributed by atoms with E-state index in [2.05, 4.69) is 0 Å². The fourth-order valence-electron chi connectivity index (χ4n) is 1.55. The van der Waals surface area contributed by atoms with Gasteiger partial charge in [-0.2, -0.15) is 0 Å². The summed E-state index contributed by atoms with van der Waals surface area (Å²) in [5, 5.41) is 0. The van der Waals surface area contributed by atoms with E-state index < -0.39 is 0 Å². The fourth-order valence-corrected chi connectivity index (χ4v) is 1.55. The van der Waals surface area contributed by atoms with E-state index in [1.165, 1.54) is 0 Å². The number of carbonyl (C=O) groups is 1. The van der Waals surface area contributed by atoms with Gasteiger partial charge in [-0.1, -0.05) is 0 Å². The molecule has 1 aromatic carbocycles. The van der Waals surface area contributed by atoms with Crippen molar-refractivity contribution in [3.05, 3.63) is 29.3 Å². The Kier molecular flexibility index (Phi) is 4.99. The average Bonchev–Trinajstić information content (AvgIpc) is 2.29. The minimum atomic E-state index is 0.150. The highest BCUT2D eigenvalue weighted by Gasteiger charge is 2.07. The molecule has 0 radical (unpaired) electrons. The molecule has 2 N–H and O–H groups in total. The molecule has 0 amide bonds. The predicted molar refractivity (Wildman–Crippen MR) is 65.0 cm³/mol. The van der Waals surface area contributed by atoms with E-state index in [9.17, 15) is 4.79 Å². The summed E-state index contributed by atoms with van der Waals surface area (Å²) in [7, 11) is 0. The van der Waals surface area contributed by atoms with E-state index in [0.29, 0.717) is 19.6 Å². The van der Waals surface area contributed by atoms with E-state index in [4.69, 9.17) is 10.5 Å². The summed E-state index contributed by atoms with van der Waals surface area (Å²) in [6.07, 6.45) is 1.26. The lowest BCUT2D eigenvalue weighted by molar-refractivity contribution is 0.0980. The van der Waals surface area contributed by atoms with Gasteiger partial charge in [0.15, 0.2) is 5.78 Å². The maximum Gasteiger partial charge on any atom is 0.162 e. The molecule has 0 heterocycles. The molecule has 1 aromatic rings. The predicted octanol–water partition coefficient (Wildman–Crippen LogP) is 2.32.